The van der Waals surface area contributed by atoms with Gasteiger partial charge >= 0.3 is 0 Å². The number of alkyl halides is 1. The van der Waals surface area contributed by atoms with Gasteiger partial charge in [0.05, 0.1) is 16.2 Å². The van der Waals surface area contributed by atoms with Crippen molar-refractivity contribution in [1.29, 1.82) is 0 Å². The topological polar surface area (TPSA) is 59.8 Å². The van der Waals surface area contributed by atoms with E-state index in [0.717, 1.165) is 5.69 Å². The number of para-hydroxylation sites is 2. The number of anilines is 1. The van der Waals surface area contributed by atoms with Crippen molar-refractivity contribution in [3.8, 4) is 5.69 Å². The predicted molar refractivity (Wildman–Crippen MR) is 68.4 cm³/mol. The summed E-state index contributed by atoms with van der Waals surface area (Å²) in [6.07, 6.45) is 3.04. The molecular weight excluding hydrogens is 284 g/mol. The summed E-state index contributed by atoms with van der Waals surface area (Å²) in [6.45, 7) is 1.77. The average molecular weight is 295 g/mol. The molecule has 0 fully saturated rings. The molecule has 6 heteroatoms. The van der Waals surface area contributed by atoms with Gasteiger partial charge in [-0.25, -0.2) is 9.67 Å². The maximum Gasteiger partial charge on any atom is 0.237 e. The number of amides is 1. The fourth-order valence-electron chi connectivity index (χ4n) is 1.34. The Kier molecular flexibility index (Phi) is 3.53. The second-order valence-electron chi connectivity index (χ2n) is 3.46. The number of aromatic nitrogens is 3. The average Bonchev–Trinajstić information content (AvgIpc) is 2.83. The van der Waals surface area contributed by atoms with Crippen molar-refractivity contribution >= 4 is 27.5 Å². The first kappa shape index (κ1) is 11.8. The molecule has 0 saturated heterocycles. The molecule has 0 aliphatic carbocycles. The molecule has 1 atom stereocenters. The van der Waals surface area contributed by atoms with Crippen molar-refractivity contribution in [3.63, 3.8) is 0 Å². The lowest BCUT2D eigenvalue weighted by molar-refractivity contribution is -0.115. The summed E-state index contributed by atoms with van der Waals surface area (Å²) in [5.41, 5.74) is 1.49. The standard InChI is InChI=1S/C11H11BrN4O/c1-8(12)11(17)15-9-4-2-3-5-10(9)16-7-13-6-14-16/h2-8H,1H3,(H,15,17). The number of benzene rings is 1. The molecule has 5 nitrogen and oxygen atoms in total. The summed E-state index contributed by atoms with van der Waals surface area (Å²) < 4.78 is 1.61. The quantitative estimate of drug-likeness (QED) is 0.881. The molecule has 88 valence electrons. The SMILES string of the molecule is CC(Br)C(=O)Nc1ccccc1-n1cncn1. The number of halogens is 1. The molecule has 0 aliphatic rings. The van der Waals surface area contributed by atoms with E-state index in [4.69, 9.17) is 0 Å². The minimum absolute atomic E-state index is 0.0995. The van der Waals surface area contributed by atoms with Crippen LogP contribution in [0.15, 0.2) is 36.9 Å². The van der Waals surface area contributed by atoms with E-state index >= 15 is 0 Å². The normalized spacial score (nSPS) is 12.1. The van der Waals surface area contributed by atoms with Crippen molar-refractivity contribution in [1.82, 2.24) is 14.8 Å². The van der Waals surface area contributed by atoms with Crippen LogP contribution in [0.25, 0.3) is 5.69 Å². The summed E-state index contributed by atoms with van der Waals surface area (Å²) in [5.74, 6) is -0.0995. The molecular formula is C11H11BrN4O. The molecule has 0 radical (unpaired) electrons. The zero-order valence-electron chi connectivity index (χ0n) is 9.17. The molecule has 17 heavy (non-hydrogen) atoms. The van der Waals surface area contributed by atoms with Gasteiger partial charge in [-0.3, -0.25) is 4.79 Å². The maximum atomic E-state index is 11.6. The zero-order valence-corrected chi connectivity index (χ0v) is 10.8. The van der Waals surface area contributed by atoms with Crippen LogP contribution < -0.4 is 5.32 Å². The Hall–Kier alpha value is -1.69. The highest BCUT2D eigenvalue weighted by atomic mass is 79.9. The van der Waals surface area contributed by atoms with Crippen LogP contribution in [0.2, 0.25) is 0 Å². The molecule has 2 rings (SSSR count). The molecule has 0 bridgehead atoms. The van der Waals surface area contributed by atoms with E-state index in [-0.39, 0.29) is 10.7 Å². The lowest BCUT2D eigenvalue weighted by Gasteiger charge is -2.11. The number of nitrogens with one attached hydrogen (secondary N) is 1. The van der Waals surface area contributed by atoms with Gasteiger partial charge in [0.1, 0.15) is 12.7 Å². The van der Waals surface area contributed by atoms with Crippen LogP contribution in [0.1, 0.15) is 6.92 Å². The summed E-state index contributed by atoms with van der Waals surface area (Å²) in [6, 6.07) is 7.42. The van der Waals surface area contributed by atoms with Crippen LogP contribution in [0.5, 0.6) is 0 Å². The lowest BCUT2D eigenvalue weighted by Crippen LogP contribution is -2.20. The van der Waals surface area contributed by atoms with E-state index < -0.39 is 0 Å². The number of carbonyl (C=O) groups is 1. The minimum atomic E-state index is -0.244. The van der Waals surface area contributed by atoms with Gasteiger partial charge in [0.25, 0.3) is 0 Å². The van der Waals surface area contributed by atoms with Crippen molar-refractivity contribution < 1.29 is 4.79 Å². The van der Waals surface area contributed by atoms with Gasteiger partial charge in [0, 0.05) is 0 Å². The molecule has 1 aromatic heterocycles. The number of rotatable bonds is 3. The molecule has 0 saturated carbocycles. The van der Waals surface area contributed by atoms with Gasteiger partial charge in [-0.1, -0.05) is 28.1 Å². The Bertz CT molecular complexity index is 510. The van der Waals surface area contributed by atoms with E-state index in [1.54, 1.807) is 17.9 Å². The Balaban J connectivity index is 2.32. The highest BCUT2D eigenvalue weighted by molar-refractivity contribution is 9.10. The molecule has 0 aliphatic heterocycles. The van der Waals surface area contributed by atoms with Crippen molar-refractivity contribution in [2.45, 2.75) is 11.8 Å². The third-order valence-electron chi connectivity index (χ3n) is 2.19. The van der Waals surface area contributed by atoms with Crippen LogP contribution >= 0.6 is 15.9 Å². The van der Waals surface area contributed by atoms with Gasteiger partial charge < -0.3 is 5.32 Å². The van der Waals surface area contributed by atoms with Crippen LogP contribution in [0, 0.1) is 0 Å². The van der Waals surface area contributed by atoms with Gasteiger partial charge in [0.2, 0.25) is 5.91 Å². The maximum absolute atomic E-state index is 11.6. The summed E-state index contributed by atoms with van der Waals surface area (Å²) in [7, 11) is 0. The molecule has 2 aromatic rings. The molecule has 1 heterocycles. The summed E-state index contributed by atoms with van der Waals surface area (Å²) in [5, 5.41) is 6.87. The van der Waals surface area contributed by atoms with Gasteiger partial charge in [-0.05, 0) is 19.1 Å². The second-order valence-corrected chi connectivity index (χ2v) is 4.84. The highest BCUT2D eigenvalue weighted by Crippen LogP contribution is 2.19. The van der Waals surface area contributed by atoms with Crippen molar-refractivity contribution in [2.24, 2.45) is 0 Å². The Morgan fingerprint density at radius 2 is 2.24 bits per heavy atom. The molecule has 1 amide bonds. The first-order valence-corrected chi connectivity index (χ1v) is 5.99. The van der Waals surface area contributed by atoms with Gasteiger partial charge in [0.15, 0.2) is 0 Å². The third-order valence-corrected chi connectivity index (χ3v) is 2.60. The van der Waals surface area contributed by atoms with Crippen molar-refractivity contribution in [3.05, 3.63) is 36.9 Å². The number of nitrogens with zero attached hydrogens (tertiary/aromatic N) is 3. The fourth-order valence-corrected chi connectivity index (χ4v) is 1.46. The fraction of sp³-hybridized carbons (Fsp3) is 0.182. The first-order chi connectivity index (χ1) is 8.18. The minimum Gasteiger partial charge on any atom is -0.323 e. The van der Waals surface area contributed by atoms with E-state index in [0.29, 0.717) is 5.69 Å². The predicted octanol–water partition coefficient (Wildman–Crippen LogP) is 1.99. The van der Waals surface area contributed by atoms with Crippen LogP contribution in [-0.2, 0) is 4.79 Å². The molecule has 1 N–H and O–H groups in total. The zero-order chi connectivity index (χ0) is 12.3. The van der Waals surface area contributed by atoms with E-state index in [9.17, 15) is 4.79 Å². The third kappa shape index (κ3) is 2.71. The Morgan fingerprint density at radius 1 is 1.47 bits per heavy atom. The molecule has 1 aromatic carbocycles. The summed E-state index contributed by atoms with van der Waals surface area (Å²) in [4.78, 5) is 15.3. The first-order valence-electron chi connectivity index (χ1n) is 5.07. The highest BCUT2D eigenvalue weighted by Gasteiger charge is 2.11. The lowest BCUT2D eigenvalue weighted by atomic mass is 10.2. The Labute approximate surface area is 107 Å². The number of hydrogen-bond donors (Lipinski definition) is 1. The smallest absolute Gasteiger partial charge is 0.237 e. The summed E-state index contributed by atoms with van der Waals surface area (Å²) >= 11 is 3.22. The second kappa shape index (κ2) is 5.09. The van der Waals surface area contributed by atoms with Gasteiger partial charge in [-0.2, -0.15) is 5.10 Å². The number of carbonyl (C=O) groups excluding carboxylic acids is 1. The molecule has 1 unspecified atom stereocenters. The van der Waals surface area contributed by atoms with Crippen molar-refractivity contribution in [2.75, 3.05) is 5.32 Å². The van der Waals surface area contributed by atoms with Crippen LogP contribution in [-0.4, -0.2) is 25.5 Å². The van der Waals surface area contributed by atoms with Crippen LogP contribution in [0.3, 0.4) is 0 Å². The van der Waals surface area contributed by atoms with Crippen LogP contribution in [0.4, 0.5) is 5.69 Å². The molecule has 0 spiro atoms. The Morgan fingerprint density at radius 3 is 2.88 bits per heavy atom. The largest absolute Gasteiger partial charge is 0.323 e. The van der Waals surface area contributed by atoms with E-state index in [2.05, 4.69) is 31.3 Å². The monoisotopic (exact) mass is 294 g/mol. The van der Waals surface area contributed by atoms with Gasteiger partial charge in [-0.15, -0.1) is 0 Å². The van der Waals surface area contributed by atoms with E-state index in [1.807, 2.05) is 24.3 Å². The number of hydrogen-bond acceptors (Lipinski definition) is 3. The van der Waals surface area contributed by atoms with E-state index in [1.165, 1.54) is 6.33 Å².